The molecule has 0 fully saturated rings. The Morgan fingerprint density at radius 2 is 0.675 bits per heavy atom. The SMILES string of the molecule is CN1C(=O)C(C)(C)c2ccc(-c3cccnc3)cc21.CN1C(=O)C(C)(C)c2ccc(-c3ccncc3)cc21.CN1C(=O)C(C)(C)c2ccc(-c3cncnc3)cc21.Cc1cc(-c2ccc3c(c2)N(C)C(=O)C3(C)C)ccn1. The maximum Gasteiger partial charge on any atom is 0.236 e. The lowest BCUT2D eigenvalue weighted by Crippen LogP contribution is -2.33. The summed E-state index contributed by atoms with van der Waals surface area (Å²) < 4.78 is 0. The maximum atomic E-state index is 12.3. The molecule has 390 valence electrons. The highest BCUT2D eigenvalue weighted by atomic mass is 16.2. The van der Waals surface area contributed by atoms with E-state index in [0.717, 1.165) is 95.2 Å². The molecule has 0 radical (unpaired) electrons. The van der Waals surface area contributed by atoms with Crippen LogP contribution in [-0.4, -0.2) is 76.7 Å². The van der Waals surface area contributed by atoms with Gasteiger partial charge in [0.2, 0.25) is 23.6 Å². The summed E-state index contributed by atoms with van der Waals surface area (Å²) in [4.78, 5) is 76.4. The quantitative estimate of drug-likeness (QED) is 0.168. The van der Waals surface area contributed by atoms with Crippen LogP contribution in [0.5, 0.6) is 0 Å². The number of nitrogens with zero attached hydrogens (tertiary/aromatic N) is 9. The van der Waals surface area contributed by atoms with Crippen LogP contribution in [0, 0.1) is 6.92 Å². The molecule has 8 aromatic rings. The normalized spacial score (nSPS) is 16.5. The van der Waals surface area contributed by atoms with E-state index in [1.54, 1.807) is 50.6 Å². The third kappa shape index (κ3) is 9.55. The highest BCUT2D eigenvalue weighted by Crippen LogP contribution is 2.46. The Bertz CT molecular complexity index is 3320. The van der Waals surface area contributed by atoms with Crippen molar-refractivity contribution < 1.29 is 19.2 Å². The van der Waals surface area contributed by atoms with Crippen molar-refractivity contribution in [3.8, 4) is 44.5 Å². The van der Waals surface area contributed by atoms with Gasteiger partial charge in [-0.25, -0.2) is 9.97 Å². The molecule has 4 aromatic carbocycles. The van der Waals surface area contributed by atoms with E-state index in [-0.39, 0.29) is 23.6 Å². The molecule has 0 aliphatic carbocycles. The number of rotatable bonds is 4. The number of likely N-dealkylation sites (N-methyl/N-ethyl adjacent to an activating group) is 4. The predicted octanol–water partition coefficient (Wildman–Crippen LogP) is 11.7. The number of hydrogen-bond donors (Lipinski definition) is 0. The molecule has 0 saturated heterocycles. The molecule has 4 amide bonds. The Labute approximate surface area is 451 Å². The number of aryl methyl sites for hydroxylation is 1. The van der Waals surface area contributed by atoms with E-state index in [1.165, 1.54) is 6.33 Å². The summed E-state index contributed by atoms with van der Waals surface area (Å²) in [6, 6.07) is 36.7. The van der Waals surface area contributed by atoms with E-state index in [2.05, 4.69) is 85.6 Å². The number of fused-ring (bicyclic) bond motifs is 4. The number of aromatic nitrogens is 5. The number of carbonyl (C=O) groups is 4. The van der Waals surface area contributed by atoms with Crippen molar-refractivity contribution in [1.29, 1.82) is 0 Å². The first-order valence-electron chi connectivity index (χ1n) is 25.7. The summed E-state index contributed by atoms with van der Waals surface area (Å²) in [6.45, 7) is 17.8. The molecular formula is C64H65N9O4. The van der Waals surface area contributed by atoms with E-state index in [1.807, 2.05) is 151 Å². The summed E-state index contributed by atoms with van der Waals surface area (Å²) >= 11 is 0. The third-order valence-corrected chi connectivity index (χ3v) is 15.6. The van der Waals surface area contributed by atoms with E-state index in [4.69, 9.17) is 0 Å². The fraction of sp³-hybridized carbons (Fsp3) is 0.266. The van der Waals surface area contributed by atoms with Crippen LogP contribution in [0.4, 0.5) is 22.7 Å². The topological polar surface area (TPSA) is 146 Å². The molecule has 4 aromatic heterocycles. The van der Waals surface area contributed by atoms with Crippen LogP contribution >= 0.6 is 0 Å². The van der Waals surface area contributed by atoms with Crippen LogP contribution in [0.3, 0.4) is 0 Å². The standard InChI is InChI=1S/C17H18N2O.2C16H16N2O.C15H15N3O/c1-11-9-13(7-8-18-11)12-5-6-14-15(10-12)19(4)16(20)17(14,2)3;1-16(2)13-5-4-12(11-6-8-17-9-7-11)10-14(13)18(3)15(16)19;1-16(2)13-7-6-11(12-5-4-8-17-10-12)9-14(13)18(3)15(16)19;1-15(2)12-5-4-10(11-7-16-9-17-8-11)6-13(12)18(3)14(15)19/h5-10H,1-4H3;2*4-10H,1-3H3;4-9H,1-3H3. The Kier molecular flexibility index (Phi) is 13.9. The Morgan fingerprint density at radius 3 is 1.05 bits per heavy atom. The Morgan fingerprint density at radius 1 is 0.338 bits per heavy atom. The number of benzene rings is 4. The van der Waals surface area contributed by atoms with Gasteiger partial charge in [-0.2, -0.15) is 0 Å². The molecule has 4 aliphatic heterocycles. The van der Waals surface area contributed by atoms with Crippen molar-refractivity contribution >= 4 is 46.4 Å². The van der Waals surface area contributed by atoms with Gasteiger partial charge in [-0.15, -0.1) is 0 Å². The molecule has 8 heterocycles. The predicted molar refractivity (Wildman–Crippen MR) is 307 cm³/mol. The lowest BCUT2D eigenvalue weighted by molar-refractivity contribution is -0.122. The van der Waals surface area contributed by atoms with Crippen molar-refractivity contribution in [2.45, 2.75) is 84.0 Å². The second-order valence-electron chi connectivity index (χ2n) is 22.2. The molecule has 0 atom stereocenters. The fourth-order valence-corrected chi connectivity index (χ4v) is 10.9. The van der Waals surface area contributed by atoms with E-state index < -0.39 is 21.7 Å². The van der Waals surface area contributed by atoms with Crippen LogP contribution in [0.25, 0.3) is 44.5 Å². The lowest BCUT2D eigenvalue weighted by Gasteiger charge is -2.16. The minimum atomic E-state index is -0.449. The summed E-state index contributed by atoms with van der Waals surface area (Å²) in [5.41, 5.74) is 16.2. The van der Waals surface area contributed by atoms with Crippen molar-refractivity contribution in [3.05, 3.63) is 187 Å². The Balaban J connectivity index is 0.000000125. The first-order chi connectivity index (χ1) is 36.5. The monoisotopic (exact) mass is 1020 g/mol. The van der Waals surface area contributed by atoms with Crippen LogP contribution in [0.2, 0.25) is 0 Å². The van der Waals surface area contributed by atoms with E-state index in [0.29, 0.717) is 0 Å². The van der Waals surface area contributed by atoms with Gasteiger partial charge in [-0.3, -0.25) is 34.1 Å². The molecule has 4 aliphatic rings. The van der Waals surface area contributed by atoms with Gasteiger partial charge in [-0.05, 0) is 173 Å². The van der Waals surface area contributed by atoms with E-state index in [9.17, 15) is 19.2 Å². The molecule has 13 nitrogen and oxygen atoms in total. The molecule has 12 rings (SSSR count). The number of anilines is 4. The molecule has 0 spiro atoms. The molecule has 0 bridgehead atoms. The van der Waals surface area contributed by atoms with Crippen LogP contribution in [-0.2, 0) is 40.8 Å². The highest BCUT2D eigenvalue weighted by Gasteiger charge is 2.45. The largest absolute Gasteiger partial charge is 0.314 e. The lowest BCUT2D eigenvalue weighted by atomic mass is 9.85. The molecule has 0 saturated carbocycles. The van der Waals surface area contributed by atoms with Crippen molar-refractivity contribution in [2.75, 3.05) is 47.8 Å². The minimum absolute atomic E-state index is 0.129. The van der Waals surface area contributed by atoms with Gasteiger partial charge < -0.3 is 19.6 Å². The molecule has 0 N–H and O–H groups in total. The van der Waals surface area contributed by atoms with Crippen LogP contribution in [0.1, 0.15) is 83.3 Å². The number of hydrogen-bond acceptors (Lipinski definition) is 9. The highest BCUT2D eigenvalue weighted by molar-refractivity contribution is 6.10. The average Bonchev–Trinajstić information content (AvgIpc) is 4.05. The zero-order valence-electron chi connectivity index (χ0n) is 46.2. The molecular weight excluding hydrogens is 959 g/mol. The van der Waals surface area contributed by atoms with Crippen molar-refractivity contribution in [2.24, 2.45) is 0 Å². The average molecular weight is 1020 g/mol. The number of carbonyl (C=O) groups excluding carboxylic acids is 4. The van der Waals surface area contributed by atoms with Crippen LogP contribution in [0.15, 0.2) is 159 Å². The summed E-state index contributed by atoms with van der Waals surface area (Å²) in [5.74, 6) is 0.569. The van der Waals surface area contributed by atoms with E-state index >= 15 is 0 Å². The van der Waals surface area contributed by atoms with Gasteiger partial charge in [0, 0.05) is 111 Å². The second kappa shape index (κ2) is 20.1. The first-order valence-corrected chi connectivity index (χ1v) is 25.7. The van der Waals surface area contributed by atoms with Gasteiger partial charge in [-0.1, -0.05) is 54.6 Å². The van der Waals surface area contributed by atoms with Crippen molar-refractivity contribution in [1.82, 2.24) is 24.9 Å². The molecule has 13 heteroatoms. The third-order valence-electron chi connectivity index (χ3n) is 15.6. The first kappa shape index (κ1) is 53.1. The van der Waals surface area contributed by atoms with Gasteiger partial charge in [0.1, 0.15) is 6.33 Å². The van der Waals surface area contributed by atoms with Crippen LogP contribution < -0.4 is 19.6 Å². The van der Waals surface area contributed by atoms with Gasteiger partial charge in [0.05, 0.1) is 21.7 Å². The zero-order chi connectivity index (χ0) is 55.4. The Hall–Kier alpha value is -8.71. The zero-order valence-corrected chi connectivity index (χ0v) is 46.2. The van der Waals surface area contributed by atoms with Gasteiger partial charge >= 0.3 is 0 Å². The van der Waals surface area contributed by atoms with Gasteiger partial charge in [0.25, 0.3) is 0 Å². The number of amides is 4. The molecule has 77 heavy (non-hydrogen) atoms. The minimum Gasteiger partial charge on any atom is -0.314 e. The smallest absolute Gasteiger partial charge is 0.236 e. The van der Waals surface area contributed by atoms with Gasteiger partial charge in [0.15, 0.2) is 0 Å². The summed E-state index contributed by atoms with van der Waals surface area (Å²) in [6.07, 6.45) is 14.0. The second-order valence-corrected chi connectivity index (χ2v) is 22.2. The van der Waals surface area contributed by atoms with Crippen molar-refractivity contribution in [3.63, 3.8) is 0 Å². The molecule has 0 unspecified atom stereocenters. The maximum absolute atomic E-state index is 12.3. The fourth-order valence-electron chi connectivity index (χ4n) is 10.9. The number of pyridine rings is 3. The summed E-state index contributed by atoms with van der Waals surface area (Å²) in [7, 11) is 7.34. The summed E-state index contributed by atoms with van der Waals surface area (Å²) in [5, 5.41) is 0.